The summed E-state index contributed by atoms with van der Waals surface area (Å²) in [6.07, 6.45) is 4.65. The van der Waals surface area contributed by atoms with Gasteiger partial charge < -0.3 is 15.0 Å². The Morgan fingerprint density at radius 2 is 2.04 bits per heavy atom. The van der Waals surface area contributed by atoms with Crippen molar-refractivity contribution in [2.24, 2.45) is 0 Å². The van der Waals surface area contributed by atoms with Crippen molar-refractivity contribution in [1.82, 2.24) is 9.38 Å². The van der Waals surface area contributed by atoms with Gasteiger partial charge in [-0.1, -0.05) is 12.1 Å². The molecule has 136 valence electrons. The predicted molar refractivity (Wildman–Crippen MR) is 107 cm³/mol. The van der Waals surface area contributed by atoms with Crippen molar-refractivity contribution in [3.05, 3.63) is 48.2 Å². The molecule has 1 N–H and O–H groups in total. The highest BCUT2D eigenvalue weighted by atomic mass is 16.5. The summed E-state index contributed by atoms with van der Waals surface area (Å²) in [5, 5.41) is 3.60. The number of rotatable bonds is 5. The molecule has 1 aromatic carbocycles. The lowest BCUT2D eigenvalue weighted by Crippen LogP contribution is -2.19. The van der Waals surface area contributed by atoms with Crippen molar-refractivity contribution in [3.63, 3.8) is 0 Å². The van der Waals surface area contributed by atoms with Gasteiger partial charge in [-0.05, 0) is 49.6 Å². The van der Waals surface area contributed by atoms with Crippen molar-refractivity contribution in [1.29, 1.82) is 0 Å². The summed E-state index contributed by atoms with van der Waals surface area (Å²) in [5.41, 5.74) is 5.46. The van der Waals surface area contributed by atoms with E-state index < -0.39 is 0 Å². The SMILES string of the molecule is Cc1ccn2c(NC[C@H]3CCCO3)c(-c3ccc(N(C)C)cc3)nc2c1. The number of hydrogen-bond acceptors (Lipinski definition) is 4. The van der Waals surface area contributed by atoms with Crippen molar-refractivity contribution < 1.29 is 4.74 Å². The zero-order valence-electron chi connectivity index (χ0n) is 15.7. The molecule has 1 fully saturated rings. The topological polar surface area (TPSA) is 41.8 Å². The van der Waals surface area contributed by atoms with Gasteiger partial charge in [0.1, 0.15) is 17.2 Å². The second-order valence-corrected chi connectivity index (χ2v) is 7.20. The summed E-state index contributed by atoms with van der Waals surface area (Å²) in [7, 11) is 4.11. The molecule has 26 heavy (non-hydrogen) atoms. The zero-order valence-corrected chi connectivity index (χ0v) is 15.7. The minimum absolute atomic E-state index is 0.287. The fraction of sp³-hybridized carbons (Fsp3) is 0.381. The van der Waals surface area contributed by atoms with Gasteiger partial charge in [0.25, 0.3) is 0 Å². The van der Waals surface area contributed by atoms with Crippen LogP contribution in [0.4, 0.5) is 11.5 Å². The fourth-order valence-electron chi connectivity index (χ4n) is 3.45. The molecule has 2 aromatic heterocycles. The molecule has 0 aliphatic carbocycles. The number of nitrogens with zero attached hydrogens (tertiary/aromatic N) is 3. The minimum atomic E-state index is 0.287. The van der Waals surface area contributed by atoms with E-state index in [0.29, 0.717) is 0 Å². The summed E-state index contributed by atoms with van der Waals surface area (Å²) in [6.45, 7) is 3.78. The minimum Gasteiger partial charge on any atom is -0.378 e. The molecule has 3 heterocycles. The zero-order chi connectivity index (χ0) is 18.1. The number of aromatic nitrogens is 2. The van der Waals surface area contributed by atoms with E-state index in [1.807, 2.05) is 0 Å². The van der Waals surface area contributed by atoms with E-state index in [-0.39, 0.29) is 6.10 Å². The first kappa shape index (κ1) is 16.9. The highest BCUT2D eigenvalue weighted by molar-refractivity contribution is 5.77. The van der Waals surface area contributed by atoms with Crippen molar-refractivity contribution in [2.45, 2.75) is 25.9 Å². The van der Waals surface area contributed by atoms with E-state index in [9.17, 15) is 0 Å². The summed E-state index contributed by atoms with van der Waals surface area (Å²) >= 11 is 0. The number of aryl methyl sites for hydroxylation is 1. The quantitative estimate of drug-likeness (QED) is 0.756. The van der Waals surface area contributed by atoms with Gasteiger partial charge in [-0.15, -0.1) is 0 Å². The van der Waals surface area contributed by atoms with Crippen LogP contribution >= 0.6 is 0 Å². The lowest BCUT2D eigenvalue weighted by atomic mass is 10.1. The Bertz CT molecular complexity index is 892. The lowest BCUT2D eigenvalue weighted by molar-refractivity contribution is 0.120. The van der Waals surface area contributed by atoms with Crippen LogP contribution in [0, 0.1) is 6.92 Å². The highest BCUT2D eigenvalue weighted by Crippen LogP contribution is 2.30. The Labute approximate surface area is 154 Å². The summed E-state index contributed by atoms with van der Waals surface area (Å²) in [6, 6.07) is 12.8. The van der Waals surface area contributed by atoms with E-state index in [0.717, 1.165) is 48.7 Å². The van der Waals surface area contributed by atoms with Gasteiger partial charge in [0.05, 0.1) is 6.10 Å². The van der Waals surface area contributed by atoms with Crippen LogP contribution in [0.15, 0.2) is 42.6 Å². The molecule has 0 saturated carbocycles. The van der Waals surface area contributed by atoms with E-state index in [1.54, 1.807) is 0 Å². The third-order valence-electron chi connectivity index (χ3n) is 4.96. The van der Waals surface area contributed by atoms with Crippen LogP contribution < -0.4 is 10.2 Å². The van der Waals surface area contributed by atoms with Gasteiger partial charge in [-0.25, -0.2) is 4.98 Å². The predicted octanol–water partition coefficient (Wildman–Crippen LogP) is 3.97. The molecule has 1 aliphatic rings. The van der Waals surface area contributed by atoms with Crippen LogP contribution in [0.1, 0.15) is 18.4 Å². The highest BCUT2D eigenvalue weighted by Gasteiger charge is 2.19. The Morgan fingerprint density at radius 3 is 2.73 bits per heavy atom. The molecular weight excluding hydrogens is 324 g/mol. The number of nitrogens with one attached hydrogen (secondary N) is 1. The van der Waals surface area contributed by atoms with E-state index >= 15 is 0 Å². The molecule has 3 aromatic rings. The van der Waals surface area contributed by atoms with Crippen molar-refractivity contribution in [2.75, 3.05) is 37.5 Å². The molecule has 1 aliphatic heterocycles. The van der Waals surface area contributed by atoms with E-state index in [2.05, 4.69) is 78.2 Å². The van der Waals surface area contributed by atoms with Gasteiger partial charge in [0.15, 0.2) is 0 Å². The van der Waals surface area contributed by atoms with Crippen LogP contribution in [0.2, 0.25) is 0 Å². The largest absolute Gasteiger partial charge is 0.378 e. The molecule has 1 saturated heterocycles. The summed E-state index contributed by atoms with van der Waals surface area (Å²) in [4.78, 5) is 7.01. The molecule has 1 atom stereocenters. The Hall–Kier alpha value is -2.53. The molecule has 5 heteroatoms. The smallest absolute Gasteiger partial charge is 0.139 e. The number of ether oxygens (including phenoxy) is 1. The Morgan fingerprint density at radius 1 is 1.23 bits per heavy atom. The number of benzene rings is 1. The third kappa shape index (κ3) is 3.27. The van der Waals surface area contributed by atoms with E-state index in [1.165, 1.54) is 11.3 Å². The first-order chi connectivity index (χ1) is 12.6. The molecule has 0 radical (unpaired) electrons. The number of fused-ring (bicyclic) bond motifs is 1. The molecule has 5 nitrogen and oxygen atoms in total. The van der Waals surface area contributed by atoms with Crippen LogP contribution in [-0.4, -0.2) is 42.7 Å². The lowest BCUT2D eigenvalue weighted by Gasteiger charge is -2.14. The van der Waals surface area contributed by atoms with Gasteiger partial charge in [-0.2, -0.15) is 0 Å². The maximum Gasteiger partial charge on any atom is 0.139 e. The maximum atomic E-state index is 5.77. The van der Waals surface area contributed by atoms with Crippen LogP contribution in [0.25, 0.3) is 16.9 Å². The average molecular weight is 350 g/mol. The van der Waals surface area contributed by atoms with Gasteiger partial charge in [0, 0.05) is 44.7 Å². The molecule has 0 spiro atoms. The number of anilines is 2. The number of hydrogen-bond donors (Lipinski definition) is 1. The van der Waals surface area contributed by atoms with Crippen molar-refractivity contribution in [3.8, 4) is 11.3 Å². The van der Waals surface area contributed by atoms with E-state index in [4.69, 9.17) is 9.72 Å². The monoisotopic (exact) mass is 350 g/mol. The third-order valence-corrected chi connectivity index (χ3v) is 4.96. The first-order valence-corrected chi connectivity index (χ1v) is 9.24. The van der Waals surface area contributed by atoms with Crippen LogP contribution in [-0.2, 0) is 4.74 Å². The standard InChI is InChI=1S/C21H26N4O/c1-15-10-11-25-19(13-15)23-20(16-6-8-17(9-7-16)24(2)3)21(25)22-14-18-5-4-12-26-18/h6-11,13,18,22H,4-5,12,14H2,1-3H3/t18-/m1/s1. The maximum absolute atomic E-state index is 5.77. The van der Waals surface area contributed by atoms with Gasteiger partial charge in [-0.3, -0.25) is 4.40 Å². The average Bonchev–Trinajstić information content (AvgIpc) is 3.27. The molecule has 0 bridgehead atoms. The van der Waals surface area contributed by atoms with Crippen LogP contribution in [0.5, 0.6) is 0 Å². The Kier molecular flexibility index (Phi) is 4.55. The fourth-order valence-corrected chi connectivity index (χ4v) is 3.45. The molecule has 4 rings (SSSR count). The Balaban J connectivity index is 1.72. The van der Waals surface area contributed by atoms with Gasteiger partial charge in [0.2, 0.25) is 0 Å². The van der Waals surface area contributed by atoms with Crippen LogP contribution in [0.3, 0.4) is 0 Å². The second-order valence-electron chi connectivity index (χ2n) is 7.20. The normalized spacial score (nSPS) is 17.0. The number of imidazole rings is 1. The molecular formula is C21H26N4O. The summed E-state index contributed by atoms with van der Waals surface area (Å²) in [5.74, 6) is 1.04. The molecule has 0 unspecified atom stereocenters. The first-order valence-electron chi connectivity index (χ1n) is 9.24. The molecule has 0 amide bonds. The summed E-state index contributed by atoms with van der Waals surface area (Å²) < 4.78 is 7.91. The van der Waals surface area contributed by atoms with Crippen molar-refractivity contribution >= 4 is 17.2 Å². The number of pyridine rings is 1. The second kappa shape index (κ2) is 7.00. The van der Waals surface area contributed by atoms with Gasteiger partial charge >= 0.3 is 0 Å².